The molecule has 0 bridgehead atoms. The summed E-state index contributed by atoms with van der Waals surface area (Å²) in [5.41, 5.74) is 0.222. The van der Waals surface area contributed by atoms with Crippen LogP contribution >= 0.6 is 0 Å². The van der Waals surface area contributed by atoms with Gasteiger partial charge in [0, 0.05) is 13.1 Å². The Morgan fingerprint density at radius 3 is 2.25 bits per heavy atom. The lowest BCUT2D eigenvalue weighted by molar-refractivity contribution is -0.122. The van der Waals surface area contributed by atoms with Gasteiger partial charge >= 0.3 is 0 Å². The van der Waals surface area contributed by atoms with E-state index in [-0.39, 0.29) is 17.4 Å². The van der Waals surface area contributed by atoms with E-state index in [1.54, 1.807) is 0 Å². The van der Waals surface area contributed by atoms with Crippen LogP contribution in [-0.4, -0.2) is 25.0 Å². The van der Waals surface area contributed by atoms with Crippen LogP contribution in [0.5, 0.6) is 0 Å². The van der Waals surface area contributed by atoms with Gasteiger partial charge in [-0.3, -0.25) is 4.79 Å². The first-order valence-corrected chi connectivity index (χ1v) is 6.32. The highest BCUT2D eigenvalue weighted by molar-refractivity contribution is 5.81. The number of carbonyl (C=O) groups excluding carboxylic acids is 1. The van der Waals surface area contributed by atoms with E-state index in [9.17, 15) is 4.79 Å². The molecule has 16 heavy (non-hydrogen) atoms. The van der Waals surface area contributed by atoms with Crippen molar-refractivity contribution in [2.24, 2.45) is 11.3 Å². The number of hydrogen-bond donors (Lipinski definition) is 2. The monoisotopic (exact) mass is 228 g/mol. The zero-order chi connectivity index (χ0) is 12.8. The molecule has 0 saturated heterocycles. The average Bonchev–Trinajstić information content (AvgIpc) is 2.22. The number of carbonyl (C=O) groups is 1. The van der Waals surface area contributed by atoms with Crippen LogP contribution in [0.25, 0.3) is 0 Å². The maximum atomic E-state index is 11.6. The molecule has 96 valence electrons. The topological polar surface area (TPSA) is 41.1 Å². The van der Waals surface area contributed by atoms with Gasteiger partial charge in [-0.1, -0.05) is 34.6 Å². The van der Waals surface area contributed by atoms with Crippen molar-refractivity contribution in [1.82, 2.24) is 10.6 Å². The fourth-order valence-corrected chi connectivity index (χ4v) is 1.11. The van der Waals surface area contributed by atoms with Gasteiger partial charge in [-0.25, -0.2) is 0 Å². The van der Waals surface area contributed by atoms with E-state index in [0.29, 0.717) is 5.92 Å². The van der Waals surface area contributed by atoms with Gasteiger partial charge in [0.1, 0.15) is 0 Å². The number of hydrogen-bond acceptors (Lipinski definition) is 2. The Balaban J connectivity index is 3.97. The lowest BCUT2D eigenvalue weighted by atomic mass is 9.81. The standard InChI is InChI=1S/C13H28N2O/c1-7-8-14-12(16)11(4)15-9-13(5,6)10(2)3/h10-11,15H,7-9H2,1-6H3,(H,14,16). The molecule has 0 saturated carbocycles. The summed E-state index contributed by atoms with van der Waals surface area (Å²) in [7, 11) is 0. The first kappa shape index (κ1) is 15.4. The highest BCUT2D eigenvalue weighted by atomic mass is 16.2. The third-order valence-corrected chi connectivity index (χ3v) is 3.37. The minimum absolute atomic E-state index is 0.0985. The van der Waals surface area contributed by atoms with E-state index >= 15 is 0 Å². The van der Waals surface area contributed by atoms with Crippen LogP contribution in [-0.2, 0) is 4.79 Å². The summed E-state index contributed by atoms with van der Waals surface area (Å²) in [5, 5.41) is 6.20. The van der Waals surface area contributed by atoms with Gasteiger partial charge in [0.2, 0.25) is 5.91 Å². The van der Waals surface area contributed by atoms with Crippen LogP contribution in [0.2, 0.25) is 0 Å². The van der Waals surface area contributed by atoms with E-state index in [0.717, 1.165) is 19.5 Å². The van der Waals surface area contributed by atoms with E-state index in [2.05, 4.69) is 45.3 Å². The van der Waals surface area contributed by atoms with Gasteiger partial charge in [-0.2, -0.15) is 0 Å². The minimum Gasteiger partial charge on any atom is -0.355 e. The van der Waals surface area contributed by atoms with Crippen molar-refractivity contribution in [1.29, 1.82) is 0 Å². The smallest absolute Gasteiger partial charge is 0.236 e. The van der Waals surface area contributed by atoms with Crippen molar-refractivity contribution in [2.45, 2.75) is 54.0 Å². The van der Waals surface area contributed by atoms with E-state index in [4.69, 9.17) is 0 Å². The molecule has 0 aromatic heterocycles. The molecule has 0 aliphatic carbocycles. The molecular formula is C13H28N2O. The second-order valence-electron chi connectivity index (χ2n) is 5.54. The predicted molar refractivity (Wildman–Crippen MR) is 69.4 cm³/mol. The van der Waals surface area contributed by atoms with Crippen LogP contribution in [0.4, 0.5) is 0 Å². The Morgan fingerprint density at radius 2 is 1.81 bits per heavy atom. The number of rotatable bonds is 7. The molecule has 0 aliphatic rings. The lowest BCUT2D eigenvalue weighted by Crippen LogP contribution is -2.46. The molecule has 3 heteroatoms. The Kier molecular flexibility index (Phi) is 6.65. The molecule has 0 spiro atoms. The van der Waals surface area contributed by atoms with Crippen molar-refractivity contribution in [3.63, 3.8) is 0 Å². The van der Waals surface area contributed by atoms with Gasteiger partial charge < -0.3 is 10.6 Å². The Labute approximate surface area is 100 Å². The zero-order valence-electron chi connectivity index (χ0n) is 11.7. The fourth-order valence-electron chi connectivity index (χ4n) is 1.11. The van der Waals surface area contributed by atoms with Gasteiger partial charge in [0.25, 0.3) is 0 Å². The van der Waals surface area contributed by atoms with Gasteiger partial charge in [0.15, 0.2) is 0 Å². The molecule has 1 atom stereocenters. The van der Waals surface area contributed by atoms with E-state index in [1.165, 1.54) is 0 Å². The molecule has 0 fully saturated rings. The van der Waals surface area contributed by atoms with Crippen molar-refractivity contribution < 1.29 is 4.79 Å². The second kappa shape index (κ2) is 6.89. The van der Waals surface area contributed by atoms with Crippen LogP contribution < -0.4 is 10.6 Å². The van der Waals surface area contributed by atoms with Crippen LogP contribution in [0, 0.1) is 11.3 Å². The van der Waals surface area contributed by atoms with Crippen LogP contribution in [0.1, 0.15) is 48.0 Å². The highest BCUT2D eigenvalue weighted by Crippen LogP contribution is 2.24. The van der Waals surface area contributed by atoms with Crippen molar-refractivity contribution in [3.8, 4) is 0 Å². The molecule has 1 unspecified atom stereocenters. The Bertz CT molecular complexity index is 212. The summed E-state index contributed by atoms with van der Waals surface area (Å²) >= 11 is 0. The molecule has 0 radical (unpaired) electrons. The molecule has 1 amide bonds. The van der Waals surface area contributed by atoms with E-state index < -0.39 is 0 Å². The fraction of sp³-hybridized carbons (Fsp3) is 0.923. The molecule has 2 N–H and O–H groups in total. The van der Waals surface area contributed by atoms with Crippen molar-refractivity contribution >= 4 is 5.91 Å². The normalized spacial score (nSPS) is 13.9. The first-order chi connectivity index (χ1) is 7.31. The molecule has 0 aliphatic heterocycles. The van der Waals surface area contributed by atoms with Gasteiger partial charge in [0.05, 0.1) is 6.04 Å². The van der Waals surface area contributed by atoms with Gasteiger partial charge in [-0.05, 0) is 24.7 Å². The molecule has 0 aromatic rings. The molecule has 0 heterocycles. The third kappa shape index (κ3) is 5.50. The Morgan fingerprint density at radius 1 is 1.25 bits per heavy atom. The third-order valence-electron chi connectivity index (χ3n) is 3.37. The molecular weight excluding hydrogens is 200 g/mol. The second-order valence-corrected chi connectivity index (χ2v) is 5.54. The largest absolute Gasteiger partial charge is 0.355 e. The molecule has 3 nitrogen and oxygen atoms in total. The summed E-state index contributed by atoms with van der Waals surface area (Å²) in [6.45, 7) is 14.5. The Hall–Kier alpha value is -0.570. The quantitative estimate of drug-likeness (QED) is 0.701. The summed E-state index contributed by atoms with van der Waals surface area (Å²) in [5.74, 6) is 0.701. The maximum Gasteiger partial charge on any atom is 0.236 e. The average molecular weight is 228 g/mol. The summed E-state index contributed by atoms with van der Waals surface area (Å²) in [6.07, 6.45) is 0.982. The molecule has 0 aromatic carbocycles. The summed E-state index contributed by atoms with van der Waals surface area (Å²) in [6, 6.07) is -0.107. The van der Waals surface area contributed by atoms with E-state index in [1.807, 2.05) is 6.92 Å². The van der Waals surface area contributed by atoms with Gasteiger partial charge in [-0.15, -0.1) is 0 Å². The number of nitrogens with one attached hydrogen (secondary N) is 2. The zero-order valence-corrected chi connectivity index (χ0v) is 11.7. The van der Waals surface area contributed by atoms with Crippen molar-refractivity contribution in [2.75, 3.05) is 13.1 Å². The van der Waals surface area contributed by atoms with Crippen LogP contribution in [0.3, 0.4) is 0 Å². The molecule has 0 rings (SSSR count). The SMILES string of the molecule is CCCNC(=O)C(C)NCC(C)(C)C(C)C. The summed E-state index contributed by atoms with van der Waals surface area (Å²) < 4.78 is 0. The summed E-state index contributed by atoms with van der Waals surface area (Å²) in [4.78, 5) is 11.6. The lowest BCUT2D eigenvalue weighted by Gasteiger charge is -2.30. The highest BCUT2D eigenvalue weighted by Gasteiger charge is 2.23. The predicted octanol–water partition coefficient (Wildman–Crippen LogP) is 2.17. The number of amides is 1. The minimum atomic E-state index is -0.107. The maximum absolute atomic E-state index is 11.6. The first-order valence-electron chi connectivity index (χ1n) is 6.32. The van der Waals surface area contributed by atoms with Crippen molar-refractivity contribution in [3.05, 3.63) is 0 Å². The van der Waals surface area contributed by atoms with Crippen LogP contribution in [0.15, 0.2) is 0 Å².